The van der Waals surface area contributed by atoms with Crippen LogP contribution in [0, 0.1) is 0 Å². The molecule has 2 aromatic heterocycles. The largest absolute Gasteiger partial charge is 0.364 e. The summed E-state index contributed by atoms with van der Waals surface area (Å²) in [6.07, 6.45) is 4.72. The van der Waals surface area contributed by atoms with Crippen LogP contribution in [0.3, 0.4) is 0 Å². The smallest absolute Gasteiger partial charge is 0.156 e. The molecule has 0 bridgehead atoms. The second-order valence-corrected chi connectivity index (χ2v) is 6.46. The van der Waals surface area contributed by atoms with Crippen molar-refractivity contribution in [2.75, 3.05) is 18.4 Å². The molecule has 1 aliphatic rings. The maximum Gasteiger partial charge on any atom is 0.156 e. The molecule has 1 unspecified atom stereocenters. The van der Waals surface area contributed by atoms with E-state index >= 15 is 0 Å². The van der Waals surface area contributed by atoms with Gasteiger partial charge >= 0.3 is 0 Å². The van der Waals surface area contributed by atoms with Gasteiger partial charge < -0.3 is 10.6 Å². The fourth-order valence-corrected chi connectivity index (χ4v) is 3.20. The Labute approximate surface area is 146 Å². The molecule has 6 heteroatoms. The second kappa shape index (κ2) is 6.67. The number of thiol groups is 1. The Kier molecular flexibility index (Phi) is 4.23. The van der Waals surface area contributed by atoms with E-state index in [0.29, 0.717) is 6.04 Å². The number of aromatic nitrogens is 3. The first kappa shape index (κ1) is 15.2. The average Bonchev–Trinajstić information content (AvgIpc) is 3.27. The fourth-order valence-electron chi connectivity index (χ4n) is 3.05. The second-order valence-electron chi connectivity index (χ2n) is 5.94. The zero-order valence-corrected chi connectivity index (χ0v) is 14.1. The van der Waals surface area contributed by atoms with E-state index in [1.54, 1.807) is 0 Å². The number of anilines is 1. The first-order valence-electron chi connectivity index (χ1n) is 8.06. The van der Waals surface area contributed by atoms with E-state index in [4.69, 9.17) is 0 Å². The minimum absolute atomic E-state index is 0.404. The third-order valence-corrected chi connectivity index (χ3v) is 4.59. The lowest BCUT2D eigenvalue weighted by Gasteiger charge is -2.13. The molecule has 0 saturated carbocycles. The van der Waals surface area contributed by atoms with Crippen LogP contribution in [0.2, 0.25) is 0 Å². The zero-order chi connectivity index (χ0) is 16.4. The molecule has 0 amide bonds. The molecule has 3 heterocycles. The zero-order valence-electron chi connectivity index (χ0n) is 13.2. The van der Waals surface area contributed by atoms with E-state index in [-0.39, 0.29) is 0 Å². The van der Waals surface area contributed by atoms with Crippen molar-refractivity contribution in [1.82, 2.24) is 20.5 Å². The maximum absolute atomic E-state index is 4.55. The summed E-state index contributed by atoms with van der Waals surface area (Å²) in [5, 5.41) is 14.7. The number of nitrogens with zero attached hydrogens (tertiary/aromatic N) is 2. The molecule has 1 saturated heterocycles. The van der Waals surface area contributed by atoms with Gasteiger partial charge in [-0.05, 0) is 42.8 Å². The molecular formula is C18H19N5S. The van der Waals surface area contributed by atoms with E-state index in [1.165, 1.54) is 0 Å². The van der Waals surface area contributed by atoms with Crippen molar-refractivity contribution in [2.24, 2.45) is 0 Å². The topological polar surface area (TPSA) is 65.6 Å². The maximum atomic E-state index is 4.55. The summed E-state index contributed by atoms with van der Waals surface area (Å²) >= 11 is 4.37. The molecule has 4 rings (SSSR count). The van der Waals surface area contributed by atoms with Crippen LogP contribution >= 0.6 is 12.6 Å². The van der Waals surface area contributed by atoms with Crippen LogP contribution in [0.25, 0.3) is 22.4 Å². The number of nitrogens with one attached hydrogen (secondary N) is 3. The first-order chi connectivity index (χ1) is 11.8. The highest BCUT2D eigenvalue weighted by atomic mass is 32.1. The lowest BCUT2D eigenvalue weighted by atomic mass is 10.0. The van der Waals surface area contributed by atoms with Gasteiger partial charge in [0.1, 0.15) is 0 Å². The molecule has 1 atom stereocenters. The van der Waals surface area contributed by atoms with Gasteiger partial charge in [0.2, 0.25) is 0 Å². The highest BCUT2D eigenvalue weighted by Crippen LogP contribution is 2.36. The van der Waals surface area contributed by atoms with E-state index in [0.717, 1.165) is 52.6 Å². The predicted octanol–water partition coefficient (Wildman–Crippen LogP) is 3.20. The highest BCUT2D eigenvalue weighted by molar-refractivity contribution is 7.80. The molecule has 0 aliphatic carbocycles. The van der Waals surface area contributed by atoms with Gasteiger partial charge in [0.25, 0.3) is 0 Å². The van der Waals surface area contributed by atoms with Crippen LogP contribution in [0.4, 0.5) is 5.82 Å². The van der Waals surface area contributed by atoms with Gasteiger partial charge in [-0.3, -0.25) is 10.1 Å². The van der Waals surface area contributed by atoms with Gasteiger partial charge in [-0.2, -0.15) is 5.10 Å². The Morgan fingerprint density at radius 1 is 1.04 bits per heavy atom. The van der Waals surface area contributed by atoms with Gasteiger partial charge in [-0.1, -0.05) is 12.1 Å². The molecule has 122 valence electrons. The van der Waals surface area contributed by atoms with Crippen LogP contribution < -0.4 is 10.6 Å². The van der Waals surface area contributed by atoms with E-state index in [1.807, 2.05) is 36.7 Å². The number of hydrogen-bond donors (Lipinski definition) is 4. The van der Waals surface area contributed by atoms with Crippen molar-refractivity contribution in [3.05, 3.63) is 48.8 Å². The van der Waals surface area contributed by atoms with Crippen LogP contribution in [0.1, 0.15) is 6.42 Å². The van der Waals surface area contributed by atoms with Crippen molar-refractivity contribution in [2.45, 2.75) is 17.4 Å². The number of hydrogen-bond acceptors (Lipinski definition) is 5. The molecular weight excluding hydrogens is 318 g/mol. The monoisotopic (exact) mass is 337 g/mol. The van der Waals surface area contributed by atoms with Crippen LogP contribution in [0.5, 0.6) is 0 Å². The lowest BCUT2D eigenvalue weighted by molar-refractivity contribution is 0.787. The van der Waals surface area contributed by atoms with Crippen LogP contribution in [0.15, 0.2) is 53.7 Å². The minimum Gasteiger partial charge on any atom is -0.364 e. The predicted molar refractivity (Wildman–Crippen MR) is 99.4 cm³/mol. The molecule has 1 aliphatic heterocycles. The van der Waals surface area contributed by atoms with Gasteiger partial charge in [0.15, 0.2) is 5.82 Å². The number of H-pyrrole nitrogens is 1. The Balaban J connectivity index is 1.78. The van der Waals surface area contributed by atoms with Gasteiger partial charge in [0, 0.05) is 35.4 Å². The summed E-state index contributed by atoms with van der Waals surface area (Å²) in [5.41, 5.74) is 4.26. The Morgan fingerprint density at radius 2 is 1.83 bits per heavy atom. The van der Waals surface area contributed by atoms with E-state index in [2.05, 4.69) is 50.6 Å². The summed E-state index contributed by atoms with van der Waals surface area (Å²) in [5.74, 6) is 0.889. The van der Waals surface area contributed by atoms with E-state index in [9.17, 15) is 0 Å². The molecule has 0 radical (unpaired) electrons. The third-order valence-electron chi connectivity index (χ3n) is 4.29. The Morgan fingerprint density at radius 3 is 2.54 bits per heavy atom. The normalized spacial score (nSPS) is 17.1. The molecule has 1 aromatic carbocycles. The minimum atomic E-state index is 0.404. The molecule has 3 N–H and O–H groups in total. The first-order valence-corrected chi connectivity index (χ1v) is 8.51. The number of pyridine rings is 1. The third kappa shape index (κ3) is 3.02. The van der Waals surface area contributed by atoms with Crippen molar-refractivity contribution < 1.29 is 0 Å². The summed E-state index contributed by atoms with van der Waals surface area (Å²) < 4.78 is 0. The lowest BCUT2D eigenvalue weighted by Crippen LogP contribution is -2.22. The number of benzene rings is 1. The Hall–Kier alpha value is -2.31. The van der Waals surface area contributed by atoms with Crippen LogP contribution in [-0.4, -0.2) is 34.3 Å². The molecule has 3 aromatic rings. The summed E-state index contributed by atoms with van der Waals surface area (Å²) in [4.78, 5) is 5.07. The van der Waals surface area contributed by atoms with Crippen LogP contribution in [-0.2, 0) is 0 Å². The summed E-state index contributed by atoms with van der Waals surface area (Å²) in [6.45, 7) is 2.01. The van der Waals surface area contributed by atoms with E-state index < -0.39 is 0 Å². The molecule has 1 fully saturated rings. The summed E-state index contributed by atoms with van der Waals surface area (Å²) in [7, 11) is 0. The molecule has 0 spiro atoms. The Bertz CT molecular complexity index is 807. The standard InChI is InChI=1S/C18H19N5S/c24-15-3-1-13(2-4-15)17-16(12-5-8-19-9-6-12)18(23-22-17)21-14-7-10-20-11-14/h1-6,8-9,14,20,24H,7,10-11H2,(H2,21,22,23). The van der Waals surface area contributed by atoms with Gasteiger partial charge in [0.05, 0.1) is 11.3 Å². The van der Waals surface area contributed by atoms with Crippen molar-refractivity contribution in [3.8, 4) is 22.4 Å². The van der Waals surface area contributed by atoms with Crippen molar-refractivity contribution in [3.63, 3.8) is 0 Å². The van der Waals surface area contributed by atoms with Crippen molar-refractivity contribution >= 4 is 18.4 Å². The molecule has 5 nitrogen and oxygen atoms in total. The average molecular weight is 337 g/mol. The summed E-state index contributed by atoms with van der Waals surface area (Å²) in [6, 6.07) is 12.5. The fraction of sp³-hybridized carbons (Fsp3) is 0.222. The highest BCUT2D eigenvalue weighted by Gasteiger charge is 2.21. The molecule has 24 heavy (non-hydrogen) atoms. The van der Waals surface area contributed by atoms with Gasteiger partial charge in [-0.15, -0.1) is 12.6 Å². The van der Waals surface area contributed by atoms with Crippen molar-refractivity contribution in [1.29, 1.82) is 0 Å². The SMILES string of the molecule is Sc1ccc(-c2[nH]nc(NC3CCNC3)c2-c2ccncc2)cc1. The number of rotatable bonds is 4. The quantitative estimate of drug-likeness (QED) is 0.552. The van der Waals surface area contributed by atoms with Gasteiger partial charge in [-0.25, -0.2) is 0 Å². The number of aromatic amines is 1.